The van der Waals surface area contributed by atoms with Crippen LogP contribution >= 0.6 is 0 Å². The van der Waals surface area contributed by atoms with E-state index in [-0.39, 0.29) is 34.6 Å². The molecule has 37 heavy (non-hydrogen) atoms. The number of rotatable bonds is 10. The lowest BCUT2D eigenvalue weighted by Crippen LogP contribution is -2.49. The first-order valence-corrected chi connectivity index (χ1v) is 15.1. The Kier molecular flexibility index (Phi) is 9.42. The highest BCUT2D eigenvalue weighted by Gasteiger charge is 2.37. The molecule has 0 saturated heterocycles. The third-order valence-corrected chi connectivity index (χ3v) is 11.1. The summed E-state index contributed by atoms with van der Waals surface area (Å²) in [4.78, 5) is 52.6. The van der Waals surface area contributed by atoms with Crippen molar-refractivity contribution >= 4 is 20.0 Å². The molecular weight excluding hydrogens is 497 g/mol. The van der Waals surface area contributed by atoms with Gasteiger partial charge in [0.2, 0.25) is 5.91 Å². The maximum atomic E-state index is 13.9. The third kappa shape index (κ3) is 7.04. The molecule has 204 valence electrons. The number of benzene rings is 1. The lowest BCUT2D eigenvalue weighted by Gasteiger charge is -2.36. The van der Waals surface area contributed by atoms with Crippen LogP contribution in [0.15, 0.2) is 34.0 Å². The molecule has 2 aromatic rings. The number of nitrogens with one attached hydrogen (secondary N) is 1. The highest BCUT2D eigenvalue weighted by atomic mass is 28.4. The zero-order chi connectivity index (χ0) is 28.3. The monoisotopic (exact) mass is 535 g/mol. The maximum absolute atomic E-state index is 13.9. The minimum Gasteiger partial charge on any atom is -0.496 e. The van der Waals surface area contributed by atoms with Crippen LogP contribution in [0.1, 0.15) is 63.5 Å². The summed E-state index contributed by atoms with van der Waals surface area (Å²) in [6.07, 6.45) is 1.28. The number of carbonyl (C=O) groups excluding carboxylic acids is 2. The van der Waals surface area contributed by atoms with Gasteiger partial charge >= 0.3 is 5.69 Å². The van der Waals surface area contributed by atoms with Gasteiger partial charge in [-0.3, -0.25) is 19.0 Å². The molecule has 0 bridgehead atoms. The van der Waals surface area contributed by atoms with Gasteiger partial charge < -0.3 is 14.5 Å². The summed E-state index contributed by atoms with van der Waals surface area (Å²) in [6, 6.07) is 2.17. The van der Waals surface area contributed by atoms with Crippen LogP contribution in [0.5, 0.6) is 5.75 Å². The number of aromatic nitrogens is 2. The molecule has 11 heteroatoms. The normalized spacial score (nSPS) is 12.9. The van der Waals surface area contributed by atoms with Crippen molar-refractivity contribution in [2.75, 3.05) is 7.11 Å². The lowest BCUT2D eigenvalue weighted by molar-refractivity contribution is -0.124. The Bertz CT molecular complexity index is 1280. The average molecular weight is 536 g/mol. The summed E-state index contributed by atoms with van der Waals surface area (Å²) in [6.45, 7) is 14.6. The number of nitrogens with zero attached hydrogens (tertiary/aromatic N) is 2. The van der Waals surface area contributed by atoms with E-state index in [1.807, 2.05) is 13.1 Å². The summed E-state index contributed by atoms with van der Waals surface area (Å²) in [5.41, 5.74) is -1.41. The summed E-state index contributed by atoms with van der Waals surface area (Å²) < 4.78 is 27.1. The molecular formula is C26H38FN3O6Si. The predicted octanol–water partition coefficient (Wildman–Crippen LogP) is 3.65. The third-order valence-electron chi connectivity index (χ3n) is 6.63. The van der Waals surface area contributed by atoms with Crippen molar-refractivity contribution in [1.29, 1.82) is 0 Å². The van der Waals surface area contributed by atoms with Crippen LogP contribution in [0.4, 0.5) is 4.39 Å². The quantitative estimate of drug-likeness (QED) is 0.368. The van der Waals surface area contributed by atoms with E-state index >= 15 is 0 Å². The van der Waals surface area contributed by atoms with Crippen LogP contribution in [0.3, 0.4) is 0 Å². The van der Waals surface area contributed by atoms with Crippen LogP contribution in [-0.4, -0.2) is 42.3 Å². The fourth-order valence-corrected chi connectivity index (χ4v) is 4.32. The smallest absolute Gasteiger partial charge is 0.332 e. The summed E-state index contributed by atoms with van der Waals surface area (Å²) in [5, 5.41) is 2.57. The molecule has 1 amide bonds. The Morgan fingerprint density at radius 2 is 1.76 bits per heavy atom. The van der Waals surface area contributed by atoms with E-state index in [9.17, 15) is 23.6 Å². The number of Topliss-reactive ketones (excluding diaryl/α,β-unsaturated/α-hetero) is 1. The number of amides is 1. The first-order chi connectivity index (χ1) is 17.0. The van der Waals surface area contributed by atoms with E-state index in [0.717, 1.165) is 21.3 Å². The Morgan fingerprint density at radius 3 is 2.30 bits per heavy atom. The van der Waals surface area contributed by atoms with Gasteiger partial charge in [-0.2, -0.15) is 0 Å². The summed E-state index contributed by atoms with van der Waals surface area (Å²) in [7, 11) is -0.924. The average Bonchev–Trinajstić information content (AvgIpc) is 2.78. The molecule has 0 aliphatic carbocycles. The minimum absolute atomic E-state index is 0.0446. The molecule has 0 aliphatic rings. The van der Waals surface area contributed by atoms with Crippen LogP contribution in [0.25, 0.3) is 0 Å². The Labute approximate surface area is 217 Å². The van der Waals surface area contributed by atoms with Crippen LogP contribution in [-0.2, 0) is 22.4 Å². The van der Waals surface area contributed by atoms with Gasteiger partial charge in [-0.1, -0.05) is 20.8 Å². The molecule has 1 heterocycles. The lowest BCUT2D eigenvalue weighted by atomic mass is 10.1. The van der Waals surface area contributed by atoms with Crippen molar-refractivity contribution < 1.29 is 23.1 Å². The van der Waals surface area contributed by atoms with Crippen molar-refractivity contribution in [3.8, 4) is 5.75 Å². The highest BCUT2D eigenvalue weighted by molar-refractivity contribution is 6.74. The van der Waals surface area contributed by atoms with Crippen molar-refractivity contribution in [2.45, 2.75) is 84.9 Å². The molecule has 1 aromatic heterocycles. The van der Waals surface area contributed by atoms with Gasteiger partial charge in [-0.25, -0.2) is 13.8 Å². The molecule has 2 rings (SSSR count). The number of methoxy groups -OCH3 is 1. The van der Waals surface area contributed by atoms with Crippen LogP contribution < -0.4 is 21.3 Å². The molecule has 9 nitrogen and oxygen atoms in total. The first kappa shape index (κ1) is 30.2. The van der Waals surface area contributed by atoms with Gasteiger partial charge in [-0.05, 0) is 57.1 Å². The molecule has 0 saturated carbocycles. The molecule has 0 fully saturated rings. The molecule has 0 radical (unpaired) electrons. The second kappa shape index (κ2) is 11.6. The Morgan fingerprint density at radius 1 is 1.14 bits per heavy atom. The number of ketones is 1. The number of hydrogen-bond acceptors (Lipinski definition) is 6. The molecule has 1 atom stereocenters. The zero-order valence-electron chi connectivity index (χ0n) is 23.1. The van der Waals surface area contributed by atoms with Crippen molar-refractivity contribution in [3.05, 3.63) is 62.2 Å². The number of ether oxygens (including phenoxy) is 1. The molecule has 1 unspecified atom stereocenters. The minimum atomic E-state index is -2.27. The van der Waals surface area contributed by atoms with Gasteiger partial charge in [0.25, 0.3) is 5.56 Å². The predicted molar refractivity (Wildman–Crippen MR) is 142 cm³/mol. The van der Waals surface area contributed by atoms with Gasteiger partial charge in [-0.15, -0.1) is 0 Å². The van der Waals surface area contributed by atoms with E-state index in [1.54, 1.807) is 13.8 Å². The number of hydrogen-bond donors (Lipinski definition) is 1. The first-order valence-electron chi connectivity index (χ1n) is 12.2. The van der Waals surface area contributed by atoms with Gasteiger partial charge in [0.1, 0.15) is 17.6 Å². The number of halogens is 1. The summed E-state index contributed by atoms with van der Waals surface area (Å²) >= 11 is 0. The second-order valence-corrected chi connectivity index (χ2v) is 15.7. The topological polar surface area (TPSA) is 109 Å². The standard InChI is InChI=1S/C26H38FN3O6Si/c1-16(2)28-23(32)17(3)30-24(33)18(15-36-37(8,9)26(4,5)6)13-29(25(30)34)14-21(31)20-12-19(27)10-11-22(20)35-7/h10-13,16-17H,14-15H2,1-9H3,(H,28,32). The largest absolute Gasteiger partial charge is 0.496 e. The van der Waals surface area contributed by atoms with Gasteiger partial charge in [0.05, 0.1) is 31.4 Å². The molecule has 0 aliphatic heterocycles. The molecule has 1 aromatic carbocycles. The van der Waals surface area contributed by atoms with E-state index in [4.69, 9.17) is 9.16 Å². The Hall–Kier alpha value is -3.05. The van der Waals surface area contributed by atoms with Crippen molar-refractivity contribution in [3.63, 3.8) is 0 Å². The molecule has 1 N–H and O–H groups in total. The van der Waals surface area contributed by atoms with E-state index in [0.29, 0.717) is 0 Å². The van der Waals surface area contributed by atoms with E-state index in [2.05, 4.69) is 26.1 Å². The van der Waals surface area contributed by atoms with E-state index < -0.39 is 49.7 Å². The van der Waals surface area contributed by atoms with E-state index in [1.165, 1.54) is 26.3 Å². The maximum Gasteiger partial charge on any atom is 0.332 e. The fraction of sp³-hybridized carbons (Fsp3) is 0.538. The van der Waals surface area contributed by atoms with Crippen LogP contribution in [0.2, 0.25) is 18.1 Å². The summed E-state index contributed by atoms with van der Waals surface area (Å²) in [5.74, 6) is -1.59. The zero-order valence-corrected chi connectivity index (χ0v) is 24.1. The van der Waals surface area contributed by atoms with Crippen molar-refractivity contribution in [1.82, 2.24) is 14.5 Å². The highest BCUT2D eigenvalue weighted by Crippen LogP contribution is 2.36. The fourth-order valence-electron chi connectivity index (χ4n) is 3.37. The number of carbonyl (C=O) groups is 2. The Balaban J connectivity index is 2.62. The van der Waals surface area contributed by atoms with Gasteiger partial charge in [0, 0.05) is 12.2 Å². The van der Waals surface area contributed by atoms with Crippen molar-refractivity contribution in [2.24, 2.45) is 0 Å². The van der Waals surface area contributed by atoms with Crippen LogP contribution in [0, 0.1) is 5.82 Å². The SMILES string of the molecule is COc1ccc(F)cc1C(=O)Cn1cc(CO[Si](C)(C)C(C)(C)C)c(=O)n(C(C)C(=O)NC(C)C)c1=O. The van der Waals surface area contributed by atoms with Gasteiger partial charge in [0.15, 0.2) is 14.1 Å². The molecule has 0 spiro atoms. The second-order valence-electron chi connectivity index (χ2n) is 10.9.